The van der Waals surface area contributed by atoms with E-state index in [4.69, 9.17) is 0 Å². The predicted octanol–water partition coefficient (Wildman–Crippen LogP) is 2.04. The van der Waals surface area contributed by atoms with E-state index in [9.17, 15) is 13.6 Å². The van der Waals surface area contributed by atoms with Crippen molar-refractivity contribution in [1.82, 2.24) is 25.6 Å². The first kappa shape index (κ1) is 18.2. The summed E-state index contributed by atoms with van der Waals surface area (Å²) in [6, 6.07) is 6.37. The predicted molar refractivity (Wildman–Crippen MR) is 90.1 cm³/mol. The third-order valence-corrected chi connectivity index (χ3v) is 4.40. The Labute approximate surface area is 149 Å². The summed E-state index contributed by atoms with van der Waals surface area (Å²) in [5.41, 5.74) is 1.82. The maximum absolute atomic E-state index is 12.4. The summed E-state index contributed by atoms with van der Waals surface area (Å²) in [7, 11) is 0. The van der Waals surface area contributed by atoms with Gasteiger partial charge in [-0.15, -0.1) is 5.10 Å². The molecule has 0 atom stereocenters. The number of nitrogens with zero attached hydrogens (tertiary/aromatic N) is 3. The molecular weight excluding hydrogens is 344 g/mol. The van der Waals surface area contributed by atoms with Crippen molar-refractivity contribution in [1.29, 1.82) is 0 Å². The van der Waals surface area contributed by atoms with Gasteiger partial charge in [-0.2, -0.15) is 8.78 Å². The quantitative estimate of drug-likeness (QED) is 0.819. The maximum atomic E-state index is 12.4. The van der Waals surface area contributed by atoms with Gasteiger partial charge in [-0.3, -0.25) is 4.79 Å². The zero-order valence-electron chi connectivity index (χ0n) is 14.4. The third-order valence-electron chi connectivity index (χ3n) is 4.40. The van der Waals surface area contributed by atoms with Crippen molar-refractivity contribution in [3.63, 3.8) is 0 Å². The summed E-state index contributed by atoms with van der Waals surface area (Å²) < 4.78 is 30.4. The normalized spacial score (nSPS) is 15.2. The Kier molecular flexibility index (Phi) is 5.77. The molecule has 0 unspecified atom stereocenters. The number of carbonyl (C=O) groups excluding carboxylic acids is 1. The average molecular weight is 365 g/mol. The lowest BCUT2D eigenvalue weighted by molar-refractivity contribution is -0.0498. The van der Waals surface area contributed by atoms with E-state index in [0.717, 1.165) is 37.2 Å². The van der Waals surface area contributed by atoms with Crippen LogP contribution in [0.15, 0.2) is 24.3 Å². The van der Waals surface area contributed by atoms with Gasteiger partial charge in [0.05, 0.1) is 11.7 Å². The van der Waals surface area contributed by atoms with E-state index in [1.54, 1.807) is 12.1 Å². The lowest BCUT2D eigenvalue weighted by atomic mass is 10.1. The van der Waals surface area contributed by atoms with Crippen LogP contribution < -0.4 is 15.4 Å². The van der Waals surface area contributed by atoms with E-state index < -0.39 is 6.61 Å². The molecule has 1 aliphatic heterocycles. The van der Waals surface area contributed by atoms with Crippen molar-refractivity contribution in [2.45, 2.75) is 39.0 Å². The number of piperidine rings is 1. The molecule has 0 bridgehead atoms. The van der Waals surface area contributed by atoms with E-state index in [2.05, 4.69) is 25.7 Å². The Morgan fingerprint density at radius 2 is 2.04 bits per heavy atom. The highest BCUT2D eigenvalue weighted by Crippen LogP contribution is 2.20. The first-order valence-electron chi connectivity index (χ1n) is 8.49. The molecule has 1 aliphatic rings. The van der Waals surface area contributed by atoms with Gasteiger partial charge in [0.1, 0.15) is 5.75 Å². The number of hydrogen-bond donors (Lipinski definition) is 2. The fourth-order valence-corrected chi connectivity index (χ4v) is 3.00. The minimum Gasteiger partial charge on any atom is -0.435 e. The minimum atomic E-state index is -2.86. The summed E-state index contributed by atoms with van der Waals surface area (Å²) in [6.45, 7) is 1.10. The van der Waals surface area contributed by atoms with E-state index in [1.807, 2.05) is 11.6 Å². The van der Waals surface area contributed by atoms with E-state index in [-0.39, 0.29) is 24.2 Å². The first-order chi connectivity index (χ1) is 12.5. The number of carbonyl (C=O) groups is 1. The van der Waals surface area contributed by atoms with Gasteiger partial charge in [0.25, 0.3) is 5.91 Å². The minimum absolute atomic E-state index is 0.0795. The lowest BCUT2D eigenvalue weighted by Gasteiger charge is -2.23. The molecule has 7 nitrogen and oxygen atoms in total. The molecule has 1 aromatic carbocycles. The van der Waals surface area contributed by atoms with Crippen LogP contribution in [0.1, 0.15) is 40.6 Å². The number of halogens is 2. The SMILES string of the molecule is Cc1c(C(=O)NCc2ccc(OC(F)F)cc2)nnn1C1CCNCC1. The Morgan fingerprint density at radius 3 is 2.69 bits per heavy atom. The van der Waals surface area contributed by atoms with Crippen LogP contribution in [0.25, 0.3) is 0 Å². The van der Waals surface area contributed by atoms with Gasteiger partial charge < -0.3 is 15.4 Å². The number of rotatable bonds is 6. The highest BCUT2D eigenvalue weighted by molar-refractivity contribution is 5.93. The van der Waals surface area contributed by atoms with Gasteiger partial charge in [-0.1, -0.05) is 17.3 Å². The Balaban J connectivity index is 1.59. The largest absolute Gasteiger partial charge is 0.435 e. The van der Waals surface area contributed by atoms with Crippen molar-refractivity contribution in [3.8, 4) is 5.75 Å². The Morgan fingerprint density at radius 1 is 1.35 bits per heavy atom. The van der Waals surface area contributed by atoms with Crippen LogP contribution in [0, 0.1) is 6.92 Å². The highest BCUT2D eigenvalue weighted by Gasteiger charge is 2.22. The molecule has 0 radical (unpaired) electrons. The fraction of sp³-hybridized carbons (Fsp3) is 0.471. The van der Waals surface area contributed by atoms with Crippen molar-refractivity contribution in [2.24, 2.45) is 0 Å². The van der Waals surface area contributed by atoms with Crippen LogP contribution in [0.4, 0.5) is 8.78 Å². The summed E-state index contributed by atoms with van der Waals surface area (Å²) in [6.07, 6.45) is 1.91. The molecule has 2 aromatic rings. The van der Waals surface area contributed by atoms with Crippen LogP contribution >= 0.6 is 0 Å². The van der Waals surface area contributed by atoms with Gasteiger partial charge in [0.15, 0.2) is 5.69 Å². The zero-order chi connectivity index (χ0) is 18.5. The molecule has 26 heavy (non-hydrogen) atoms. The molecule has 2 heterocycles. The van der Waals surface area contributed by atoms with E-state index in [1.165, 1.54) is 12.1 Å². The summed E-state index contributed by atoms with van der Waals surface area (Å²) in [4.78, 5) is 12.4. The summed E-state index contributed by atoms with van der Waals surface area (Å²) in [5, 5.41) is 14.2. The van der Waals surface area contributed by atoms with Gasteiger partial charge >= 0.3 is 6.61 Å². The van der Waals surface area contributed by atoms with Crippen LogP contribution in [0.3, 0.4) is 0 Å². The molecule has 1 fully saturated rings. The number of amides is 1. The maximum Gasteiger partial charge on any atom is 0.387 e. The van der Waals surface area contributed by atoms with E-state index in [0.29, 0.717) is 5.69 Å². The standard InChI is InChI=1S/C17H21F2N5O2/c1-11-15(22-23-24(11)13-6-8-20-9-7-13)16(25)21-10-12-2-4-14(5-3-12)26-17(18)19/h2-5,13,17,20H,6-10H2,1H3,(H,21,25). The number of aromatic nitrogens is 3. The van der Waals surface area contributed by atoms with Crippen molar-refractivity contribution in [3.05, 3.63) is 41.2 Å². The highest BCUT2D eigenvalue weighted by atomic mass is 19.3. The monoisotopic (exact) mass is 365 g/mol. The molecule has 140 valence electrons. The molecule has 2 N–H and O–H groups in total. The number of alkyl halides is 2. The van der Waals surface area contributed by atoms with Gasteiger partial charge in [-0.05, 0) is 50.6 Å². The summed E-state index contributed by atoms with van der Waals surface area (Å²) >= 11 is 0. The molecule has 9 heteroatoms. The molecular formula is C17H21F2N5O2. The van der Waals surface area contributed by atoms with Crippen molar-refractivity contribution in [2.75, 3.05) is 13.1 Å². The molecule has 0 spiro atoms. The fourth-order valence-electron chi connectivity index (χ4n) is 3.00. The second-order valence-electron chi connectivity index (χ2n) is 6.15. The van der Waals surface area contributed by atoms with Crippen LogP contribution in [-0.2, 0) is 6.54 Å². The Bertz CT molecular complexity index is 742. The number of nitrogens with one attached hydrogen (secondary N) is 2. The lowest BCUT2D eigenvalue weighted by Crippen LogP contribution is -2.30. The molecule has 1 saturated heterocycles. The second kappa shape index (κ2) is 8.22. The van der Waals surface area contributed by atoms with Gasteiger partial charge in [0.2, 0.25) is 0 Å². The average Bonchev–Trinajstić information content (AvgIpc) is 3.03. The second-order valence-corrected chi connectivity index (χ2v) is 6.15. The van der Waals surface area contributed by atoms with Crippen LogP contribution in [0.5, 0.6) is 5.75 Å². The number of benzene rings is 1. The van der Waals surface area contributed by atoms with Crippen molar-refractivity contribution >= 4 is 5.91 Å². The molecule has 3 rings (SSSR count). The van der Waals surface area contributed by atoms with E-state index >= 15 is 0 Å². The topological polar surface area (TPSA) is 81.1 Å². The number of hydrogen-bond acceptors (Lipinski definition) is 5. The Hall–Kier alpha value is -2.55. The molecule has 0 saturated carbocycles. The zero-order valence-corrected chi connectivity index (χ0v) is 14.4. The number of ether oxygens (including phenoxy) is 1. The van der Waals surface area contributed by atoms with Crippen molar-refractivity contribution < 1.29 is 18.3 Å². The summed E-state index contributed by atoms with van der Waals surface area (Å²) in [5.74, 6) is -0.230. The molecule has 0 aliphatic carbocycles. The van der Waals surface area contributed by atoms with Gasteiger partial charge in [0, 0.05) is 6.54 Å². The smallest absolute Gasteiger partial charge is 0.387 e. The van der Waals surface area contributed by atoms with Gasteiger partial charge in [-0.25, -0.2) is 4.68 Å². The molecule has 1 amide bonds. The molecule has 1 aromatic heterocycles. The first-order valence-corrected chi connectivity index (χ1v) is 8.49. The van der Waals surface area contributed by atoms with Crippen LogP contribution in [0.2, 0.25) is 0 Å². The third kappa shape index (κ3) is 4.34. The van der Waals surface area contributed by atoms with Crippen LogP contribution in [-0.4, -0.2) is 40.6 Å².